The lowest BCUT2D eigenvalue weighted by atomic mass is 10.3. The van der Waals surface area contributed by atoms with Crippen LogP contribution in [0.2, 0.25) is 5.28 Å². The first-order valence-electron chi connectivity index (χ1n) is 5.64. The van der Waals surface area contributed by atoms with Crippen LogP contribution in [0.1, 0.15) is 0 Å². The van der Waals surface area contributed by atoms with Crippen LogP contribution < -0.4 is 4.74 Å². The molecule has 1 aromatic carbocycles. The molecule has 0 aliphatic rings. The van der Waals surface area contributed by atoms with Gasteiger partial charge in [0.15, 0.2) is 11.6 Å². The summed E-state index contributed by atoms with van der Waals surface area (Å²) in [5.41, 5.74) is 0. The number of hydrogen-bond donors (Lipinski definition) is 0. The maximum absolute atomic E-state index is 13.7. The average molecular weight is 371 g/mol. The van der Waals surface area contributed by atoms with Crippen molar-refractivity contribution in [3.05, 3.63) is 52.5 Å². The predicted molar refractivity (Wildman–Crippen MR) is 76.1 cm³/mol. The molecule has 0 amide bonds. The molecule has 0 saturated heterocycles. The summed E-state index contributed by atoms with van der Waals surface area (Å²) in [4.78, 5) is 15.7. The third kappa shape index (κ3) is 3.17. The minimum absolute atomic E-state index is 0.0166. The number of imidazole rings is 1. The van der Waals surface area contributed by atoms with Gasteiger partial charge in [0.1, 0.15) is 6.33 Å². The Kier molecular flexibility index (Phi) is 3.80. The van der Waals surface area contributed by atoms with Crippen molar-refractivity contribution in [2.45, 2.75) is 0 Å². The zero-order chi connectivity index (χ0) is 14.8. The normalized spacial score (nSPS) is 10.6. The molecule has 3 aromatic rings. The number of rotatable bonds is 3. The van der Waals surface area contributed by atoms with E-state index in [0.29, 0.717) is 4.47 Å². The van der Waals surface area contributed by atoms with Gasteiger partial charge in [0.05, 0.1) is 0 Å². The van der Waals surface area contributed by atoms with Crippen LogP contribution in [0.5, 0.6) is 11.8 Å². The monoisotopic (exact) mass is 369 g/mol. The Labute approximate surface area is 131 Å². The first-order valence-corrected chi connectivity index (χ1v) is 6.82. The summed E-state index contributed by atoms with van der Waals surface area (Å²) >= 11 is 8.98. The molecule has 6 nitrogen and oxygen atoms in total. The van der Waals surface area contributed by atoms with E-state index in [1.54, 1.807) is 18.5 Å². The summed E-state index contributed by atoms with van der Waals surface area (Å²) in [6.45, 7) is 0. The highest BCUT2D eigenvalue weighted by Crippen LogP contribution is 2.25. The van der Waals surface area contributed by atoms with E-state index in [1.165, 1.54) is 23.0 Å². The second-order valence-corrected chi connectivity index (χ2v) is 5.09. The van der Waals surface area contributed by atoms with Crippen molar-refractivity contribution in [1.29, 1.82) is 0 Å². The Hall–Kier alpha value is -2.06. The second kappa shape index (κ2) is 5.74. The maximum Gasteiger partial charge on any atom is 0.328 e. The number of ether oxygens (including phenoxy) is 1. The molecule has 0 aliphatic carbocycles. The Morgan fingerprint density at radius 2 is 2.10 bits per heavy atom. The lowest BCUT2D eigenvalue weighted by molar-refractivity contribution is 0.408. The SMILES string of the molecule is Fc1cc(Br)ccc1Oc1nc(Cl)nc(-n2ccnc2)n1. The van der Waals surface area contributed by atoms with E-state index in [9.17, 15) is 4.39 Å². The van der Waals surface area contributed by atoms with Crippen molar-refractivity contribution < 1.29 is 9.13 Å². The largest absolute Gasteiger partial charge is 0.421 e. The van der Waals surface area contributed by atoms with E-state index in [2.05, 4.69) is 35.9 Å². The van der Waals surface area contributed by atoms with Crippen LogP contribution in [0, 0.1) is 5.82 Å². The molecule has 0 atom stereocenters. The highest BCUT2D eigenvalue weighted by atomic mass is 79.9. The molecule has 0 aliphatic heterocycles. The van der Waals surface area contributed by atoms with Gasteiger partial charge in [0.2, 0.25) is 11.2 Å². The van der Waals surface area contributed by atoms with Crippen LogP contribution in [-0.4, -0.2) is 24.5 Å². The van der Waals surface area contributed by atoms with Gasteiger partial charge in [0.25, 0.3) is 0 Å². The summed E-state index contributed by atoms with van der Waals surface area (Å²) in [6, 6.07) is 4.25. The molecule has 0 saturated carbocycles. The van der Waals surface area contributed by atoms with Gasteiger partial charge in [-0.15, -0.1) is 0 Å². The van der Waals surface area contributed by atoms with Crippen LogP contribution in [0.3, 0.4) is 0 Å². The molecule has 0 fully saturated rings. The molecule has 0 radical (unpaired) electrons. The number of aromatic nitrogens is 5. The van der Waals surface area contributed by atoms with E-state index < -0.39 is 5.82 Å². The predicted octanol–water partition coefficient (Wildman–Crippen LogP) is 3.40. The number of nitrogens with zero attached hydrogens (tertiary/aromatic N) is 5. The van der Waals surface area contributed by atoms with E-state index in [0.717, 1.165) is 0 Å². The van der Waals surface area contributed by atoms with Gasteiger partial charge in [-0.05, 0) is 29.8 Å². The molecule has 9 heteroatoms. The van der Waals surface area contributed by atoms with E-state index in [-0.39, 0.29) is 23.0 Å². The van der Waals surface area contributed by atoms with E-state index in [4.69, 9.17) is 16.3 Å². The Morgan fingerprint density at radius 3 is 2.81 bits per heavy atom. The summed E-state index contributed by atoms with van der Waals surface area (Å²) in [5.74, 6) is -0.345. The van der Waals surface area contributed by atoms with E-state index >= 15 is 0 Å². The Morgan fingerprint density at radius 1 is 1.24 bits per heavy atom. The molecule has 0 unspecified atom stereocenters. The zero-order valence-corrected chi connectivity index (χ0v) is 12.6. The van der Waals surface area contributed by atoms with Gasteiger partial charge in [-0.1, -0.05) is 15.9 Å². The highest BCUT2D eigenvalue weighted by Gasteiger charge is 2.11. The van der Waals surface area contributed by atoms with Crippen LogP contribution in [-0.2, 0) is 0 Å². The number of benzene rings is 1. The van der Waals surface area contributed by atoms with Crippen molar-refractivity contribution in [2.24, 2.45) is 0 Å². The van der Waals surface area contributed by atoms with Crippen molar-refractivity contribution in [1.82, 2.24) is 24.5 Å². The Bertz CT molecular complexity index is 783. The summed E-state index contributed by atoms with van der Waals surface area (Å²) in [7, 11) is 0. The van der Waals surface area contributed by atoms with Gasteiger partial charge in [-0.25, -0.2) is 9.37 Å². The maximum atomic E-state index is 13.7. The fraction of sp³-hybridized carbons (Fsp3) is 0. The molecule has 0 N–H and O–H groups in total. The fourth-order valence-electron chi connectivity index (χ4n) is 1.52. The quantitative estimate of drug-likeness (QED) is 0.707. The first kappa shape index (κ1) is 13.9. The standard InChI is InChI=1S/C12H6BrClFN5O/c13-7-1-2-9(8(15)5-7)21-12-18-10(14)17-11(19-12)20-4-3-16-6-20/h1-6H. The van der Waals surface area contributed by atoms with Crippen LogP contribution in [0.15, 0.2) is 41.4 Å². The van der Waals surface area contributed by atoms with Crippen LogP contribution in [0.25, 0.3) is 5.95 Å². The molecule has 3 rings (SSSR count). The lowest BCUT2D eigenvalue weighted by Gasteiger charge is -2.07. The molecule has 21 heavy (non-hydrogen) atoms. The molecule has 106 valence electrons. The van der Waals surface area contributed by atoms with Crippen molar-refractivity contribution >= 4 is 27.5 Å². The van der Waals surface area contributed by atoms with E-state index in [1.807, 2.05) is 0 Å². The van der Waals surface area contributed by atoms with Crippen molar-refractivity contribution in [3.63, 3.8) is 0 Å². The van der Waals surface area contributed by atoms with Crippen molar-refractivity contribution in [2.75, 3.05) is 0 Å². The minimum atomic E-state index is -0.551. The van der Waals surface area contributed by atoms with Gasteiger partial charge in [0, 0.05) is 16.9 Å². The third-order valence-electron chi connectivity index (χ3n) is 2.41. The second-order valence-electron chi connectivity index (χ2n) is 3.83. The fourth-order valence-corrected chi connectivity index (χ4v) is 2.00. The molecule has 0 spiro atoms. The molecule has 2 heterocycles. The lowest BCUT2D eigenvalue weighted by Crippen LogP contribution is -2.03. The molecule has 0 bridgehead atoms. The first-order chi connectivity index (χ1) is 10.1. The van der Waals surface area contributed by atoms with Gasteiger partial charge >= 0.3 is 6.01 Å². The minimum Gasteiger partial charge on any atom is -0.421 e. The van der Waals surface area contributed by atoms with Crippen LogP contribution in [0.4, 0.5) is 4.39 Å². The van der Waals surface area contributed by atoms with Crippen LogP contribution >= 0.6 is 27.5 Å². The molecular formula is C12H6BrClFN5O. The van der Waals surface area contributed by atoms with Gasteiger partial charge in [-0.2, -0.15) is 15.0 Å². The molecular weight excluding hydrogens is 365 g/mol. The summed E-state index contributed by atoms with van der Waals surface area (Å²) in [6.07, 6.45) is 4.69. The summed E-state index contributed by atoms with van der Waals surface area (Å²) in [5, 5.41) is -0.0683. The van der Waals surface area contributed by atoms with Crippen molar-refractivity contribution in [3.8, 4) is 17.7 Å². The van der Waals surface area contributed by atoms with Gasteiger partial charge < -0.3 is 4.74 Å². The number of halogens is 3. The third-order valence-corrected chi connectivity index (χ3v) is 3.07. The van der Waals surface area contributed by atoms with Gasteiger partial charge in [-0.3, -0.25) is 4.57 Å². The smallest absolute Gasteiger partial charge is 0.328 e. The number of hydrogen-bond acceptors (Lipinski definition) is 5. The molecule has 2 aromatic heterocycles. The summed E-state index contributed by atoms with van der Waals surface area (Å²) < 4.78 is 21.2. The highest BCUT2D eigenvalue weighted by molar-refractivity contribution is 9.10. The zero-order valence-electron chi connectivity index (χ0n) is 10.2. The topological polar surface area (TPSA) is 65.7 Å². The average Bonchev–Trinajstić information content (AvgIpc) is 2.95. The Balaban J connectivity index is 1.95.